The van der Waals surface area contributed by atoms with Gasteiger partial charge in [0.1, 0.15) is 5.69 Å². The van der Waals surface area contributed by atoms with Crippen LogP contribution in [0.4, 0.5) is 13.2 Å². The zero-order chi connectivity index (χ0) is 19.1. The Labute approximate surface area is 153 Å². The minimum absolute atomic E-state index is 0.321. The minimum Gasteiger partial charge on any atom is -0.418 e. The fourth-order valence-corrected chi connectivity index (χ4v) is 3.54. The number of hydrogen-bond acceptors (Lipinski definition) is 4. The molecule has 1 saturated heterocycles. The zero-order valence-electron chi connectivity index (χ0n) is 14.7. The van der Waals surface area contributed by atoms with Gasteiger partial charge in [0, 0.05) is 26.5 Å². The van der Waals surface area contributed by atoms with Crippen LogP contribution in [-0.4, -0.2) is 28.0 Å². The third-order valence-corrected chi connectivity index (χ3v) is 5.09. The second kappa shape index (κ2) is 6.53. The molecule has 1 fully saturated rings. The molecule has 1 aliphatic heterocycles. The normalized spacial score (nSPS) is 17.2. The van der Waals surface area contributed by atoms with E-state index in [-0.39, 0.29) is 0 Å². The van der Waals surface area contributed by atoms with Gasteiger partial charge in [-0.3, -0.25) is 0 Å². The minimum atomic E-state index is -4.41. The van der Waals surface area contributed by atoms with Crippen LogP contribution in [0.15, 0.2) is 47.0 Å². The van der Waals surface area contributed by atoms with Gasteiger partial charge in [-0.15, -0.1) is 10.2 Å². The van der Waals surface area contributed by atoms with Crippen molar-refractivity contribution in [3.63, 3.8) is 0 Å². The highest BCUT2D eigenvalue weighted by Gasteiger charge is 2.43. The molecule has 3 heterocycles. The molecule has 5 nitrogen and oxygen atoms in total. The van der Waals surface area contributed by atoms with E-state index in [2.05, 4.69) is 10.2 Å². The highest BCUT2D eigenvalue weighted by molar-refractivity contribution is 5.48. The molecular weight excluding hydrogens is 359 g/mol. The van der Waals surface area contributed by atoms with E-state index in [1.165, 1.54) is 12.1 Å². The molecule has 3 aromatic rings. The van der Waals surface area contributed by atoms with E-state index in [0.717, 1.165) is 11.8 Å². The van der Waals surface area contributed by atoms with Gasteiger partial charge in [0.25, 0.3) is 5.89 Å². The monoisotopic (exact) mass is 377 g/mol. The average Bonchev–Trinajstić information content (AvgIpc) is 3.31. The summed E-state index contributed by atoms with van der Waals surface area (Å²) in [7, 11) is 1.86. The standard InChI is InChI=1S/C19H18F3N3O2/c1-25-9-3-6-15(25)16-23-24-17(27-16)18(7-10-26-11-8-18)13-4-2-5-14(12-13)19(20,21)22/h2-6,9,12H,7-8,10-11H2,1H3. The fourth-order valence-electron chi connectivity index (χ4n) is 3.54. The van der Waals surface area contributed by atoms with Crippen molar-refractivity contribution >= 4 is 0 Å². The van der Waals surface area contributed by atoms with Gasteiger partial charge in [-0.05, 0) is 36.6 Å². The number of aromatic nitrogens is 3. The maximum Gasteiger partial charge on any atom is 0.416 e. The van der Waals surface area contributed by atoms with Crippen molar-refractivity contribution in [1.29, 1.82) is 0 Å². The maximum atomic E-state index is 13.2. The topological polar surface area (TPSA) is 53.1 Å². The van der Waals surface area contributed by atoms with Gasteiger partial charge in [0.15, 0.2) is 0 Å². The molecular formula is C19H18F3N3O2. The Balaban J connectivity index is 1.80. The summed E-state index contributed by atoms with van der Waals surface area (Å²) in [6.07, 6.45) is -1.60. The second-order valence-corrected chi connectivity index (χ2v) is 6.69. The molecule has 0 unspecified atom stereocenters. The highest BCUT2D eigenvalue weighted by Crippen LogP contribution is 2.43. The summed E-state index contributed by atoms with van der Waals surface area (Å²) in [6, 6.07) is 9.06. The number of nitrogens with zero attached hydrogens (tertiary/aromatic N) is 3. The van der Waals surface area contributed by atoms with Crippen LogP contribution < -0.4 is 0 Å². The van der Waals surface area contributed by atoms with Gasteiger partial charge in [0.2, 0.25) is 5.89 Å². The molecule has 4 rings (SSSR count). The number of rotatable bonds is 3. The van der Waals surface area contributed by atoms with Crippen molar-refractivity contribution in [3.05, 3.63) is 59.6 Å². The molecule has 0 saturated carbocycles. The SMILES string of the molecule is Cn1cccc1-c1nnc(C2(c3cccc(C(F)(F)F)c3)CCOCC2)o1. The Morgan fingerprint density at radius 2 is 1.85 bits per heavy atom. The van der Waals surface area contributed by atoms with Gasteiger partial charge in [-0.2, -0.15) is 13.2 Å². The lowest BCUT2D eigenvalue weighted by atomic mass is 9.73. The zero-order valence-corrected chi connectivity index (χ0v) is 14.7. The summed E-state index contributed by atoms with van der Waals surface area (Å²) in [5.74, 6) is 0.664. The second-order valence-electron chi connectivity index (χ2n) is 6.69. The molecule has 0 atom stereocenters. The Kier molecular flexibility index (Phi) is 4.30. The summed E-state index contributed by atoms with van der Waals surface area (Å²) in [6.45, 7) is 0.830. The van der Waals surface area contributed by atoms with Crippen LogP contribution in [-0.2, 0) is 23.4 Å². The lowest BCUT2D eigenvalue weighted by Gasteiger charge is -2.34. The lowest BCUT2D eigenvalue weighted by Crippen LogP contribution is -2.35. The van der Waals surface area contributed by atoms with Crippen molar-refractivity contribution in [1.82, 2.24) is 14.8 Å². The predicted molar refractivity (Wildman–Crippen MR) is 91.0 cm³/mol. The first-order valence-electron chi connectivity index (χ1n) is 8.61. The van der Waals surface area contributed by atoms with Crippen molar-refractivity contribution in [2.75, 3.05) is 13.2 Å². The number of benzene rings is 1. The van der Waals surface area contributed by atoms with E-state index in [1.54, 1.807) is 6.07 Å². The molecule has 0 bridgehead atoms. The first kappa shape index (κ1) is 17.8. The van der Waals surface area contributed by atoms with E-state index in [4.69, 9.17) is 9.15 Å². The molecule has 8 heteroatoms. The summed E-state index contributed by atoms with van der Waals surface area (Å²) < 4.78 is 52.9. The largest absolute Gasteiger partial charge is 0.418 e. The summed E-state index contributed by atoms with van der Waals surface area (Å²) >= 11 is 0. The van der Waals surface area contributed by atoms with E-state index < -0.39 is 17.2 Å². The molecule has 0 radical (unpaired) electrons. The molecule has 0 N–H and O–H groups in total. The molecule has 0 spiro atoms. The van der Waals surface area contributed by atoms with Crippen molar-refractivity contribution in [2.45, 2.75) is 24.4 Å². The van der Waals surface area contributed by atoms with Gasteiger partial charge in [-0.25, -0.2) is 0 Å². The van der Waals surface area contributed by atoms with Gasteiger partial charge < -0.3 is 13.7 Å². The maximum absolute atomic E-state index is 13.2. The molecule has 0 aliphatic carbocycles. The smallest absolute Gasteiger partial charge is 0.416 e. The van der Waals surface area contributed by atoms with E-state index in [9.17, 15) is 13.2 Å². The first-order valence-corrected chi connectivity index (χ1v) is 8.61. The number of aryl methyl sites for hydroxylation is 1. The van der Waals surface area contributed by atoms with Crippen LogP contribution in [0, 0.1) is 0 Å². The Morgan fingerprint density at radius 1 is 1.07 bits per heavy atom. The summed E-state index contributed by atoms with van der Waals surface area (Å²) in [5.41, 5.74) is -0.216. The van der Waals surface area contributed by atoms with Gasteiger partial charge in [-0.1, -0.05) is 18.2 Å². The number of ether oxygens (including phenoxy) is 1. The van der Waals surface area contributed by atoms with Crippen LogP contribution >= 0.6 is 0 Å². The van der Waals surface area contributed by atoms with E-state index in [0.29, 0.717) is 43.4 Å². The van der Waals surface area contributed by atoms with Gasteiger partial charge in [0.05, 0.1) is 11.0 Å². The van der Waals surface area contributed by atoms with Crippen molar-refractivity contribution in [3.8, 4) is 11.6 Å². The molecule has 1 aromatic carbocycles. The predicted octanol–water partition coefficient (Wildman–Crippen LogP) is 4.19. The fraction of sp³-hybridized carbons (Fsp3) is 0.368. The molecule has 2 aromatic heterocycles. The lowest BCUT2D eigenvalue weighted by molar-refractivity contribution is -0.137. The Hall–Kier alpha value is -2.61. The van der Waals surface area contributed by atoms with Crippen LogP contribution in [0.2, 0.25) is 0 Å². The van der Waals surface area contributed by atoms with Crippen molar-refractivity contribution in [2.24, 2.45) is 7.05 Å². The van der Waals surface area contributed by atoms with E-state index in [1.807, 2.05) is 29.9 Å². The Morgan fingerprint density at radius 3 is 2.52 bits per heavy atom. The quantitative estimate of drug-likeness (QED) is 0.687. The van der Waals surface area contributed by atoms with E-state index >= 15 is 0 Å². The molecule has 0 amide bonds. The number of hydrogen-bond donors (Lipinski definition) is 0. The first-order chi connectivity index (χ1) is 12.9. The summed E-state index contributed by atoms with van der Waals surface area (Å²) in [4.78, 5) is 0. The molecule has 142 valence electrons. The number of halogens is 3. The highest BCUT2D eigenvalue weighted by atomic mass is 19.4. The third kappa shape index (κ3) is 3.14. The summed E-state index contributed by atoms with van der Waals surface area (Å²) in [5, 5.41) is 8.35. The molecule has 1 aliphatic rings. The van der Waals surface area contributed by atoms with Crippen LogP contribution in [0.5, 0.6) is 0 Å². The van der Waals surface area contributed by atoms with Crippen LogP contribution in [0.25, 0.3) is 11.6 Å². The number of alkyl halides is 3. The van der Waals surface area contributed by atoms with Gasteiger partial charge >= 0.3 is 6.18 Å². The Bertz CT molecular complexity index is 940. The van der Waals surface area contributed by atoms with Crippen LogP contribution in [0.1, 0.15) is 29.9 Å². The average molecular weight is 377 g/mol. The molecule has 27 heavy (non-hydrogen) atoms. The van der Waals surface area contributed by atoms with Crippen LogP contribution in [0.3, 0.4) is 0 Å². The van der Waals surface area contributed by atoms with Crippen molar-refractivity contribution < 1.29 is 22.3 Å². The third-order valence-electron chi connectivity index (χ3n) is 5.09.